The molecule has 0 bridgehead atoms. The number of carbonyl (C=O) groups is 2. The number of carbonyl (C=O) groups excluding carboxylic acids is 2. The van der Waals surface area contributed by atoms with Crippen molar-refractivity contribution >= 4 is 57.1 Å². The summed E-state index contributed by atoms with van der Waals surface area (Å²) in [5, 5.41) is 5.65. The molecule has 2 aromatic rings. The summed E-state index contributed by atoms with van der Waals surface area (Å²) in [6, 6.07) is 9.96. The summed E-state index contributed by atoms with van der Waals surface area (Å²) in [5.74, 6) is 0.0485. The van der Waals surface area contributed by atoms with E-state index in [1.807, 2.05) is 6.07 Å². The molecular weight excluding hydrogens is 431 g/mol. The highest BCUT2D eigenvalue weighted by atomic mass is 79.9. The number of hydrogen-bond acceptors (Lipinski definition) is 3. The molecule has 1 heterocycles. The Morgan fingerprint density at radius 2 is 1.88 bits per heavy atom. The van der Waals surface area contributed by atoms with Crippen molar-refractivity contribution in [1.29, 1.82) is 0 Å². The topological polar surface area (TPSA) is 67.4 Å². The number of benzene rings is 2. The molecule has 1 aliphatic heterocycles. The first-order valence-electron chi connectivity index (χ1n) is 7.12. The van der Waals surface area contributed by atoms with Gasteiger partial charge in [-0.25, -0.2) is 4.79 Å². The summed E-state index contributed by atoms with van der Waals surface area (Å²) in [4.78, 5) is 22.9. The summed E-state index contributed by atoms with van der Waals surface area (Å²) in [6.07, 6.45) is 1.55. The molecule has 0 aromatic heterocycles. The molecule has 1 aliphatic rings. The Morgan fingerprint density at radius 3 is 2.56 bits per heavy atom. The number of imide groups is 1. The Morgan fingerprint density at radius 1 is 1.08 bits per heavy atom. The first-order chi connectivity index (χ1) is 11.9. The number of nitrogens with one attached hydrogen (secondary N) is 2. The quantitative estimate of drug-likeness (QED) is 0.541. The van der Waals surface area contributed by atoms with Crippen LogP contribution in [-0.2, 0) is 11.4 Å². The lowest BCUT2D eigenvalue weighted by atomic mass is 10.1. The molecule has 5 nitrogen and oxygen atoms in total. The summed E-state index contributed by atoms with van der Waals surface area (Å²) in [7, 11) is 0. The van der Waals surface area contributed by atoms with E-state index in [1.165, 1.54) is 0 Å². The van der Waals surface area contributed by atoms with Gasteiger partial charge in [-0.3, -0.25) is 10.1 Å². The molecule has 0 saturated carbocycles. The van der Waals surface area contributed by atoms with E-state index in [1.54, 1.807) is 36.4 Å². The smallest absolute Gasteiger partial charge is 0.326 e. The first-order valence-corrected chi connectivity index (χ1v) is 8.67. The number of ether oxygens (including phenoxy) is 1. The molecule has 3 rings (SSSR count). The minimum Gasteiger partial charge on any atom is -0.488 e. The van der Waals surface area contributed by atoms with Crippen LogP contribution in [0.25, 0.3) is 6.08 Å². The zero-order valence-electron chi connectivity index (χ0n) is 12.6. The van der Waals surface area contributed by atoms with Crippen LogP contribution in [0.5, 0.6) is 5.75 Å². The van der Waals surface area contributed by atoms with Gasteiger partial charge in [-0.15, -0.1) is 0 Å². The van der Waals surface area contributed by atoms with Gasteiger partial charge in [-0.1, -0.05) is 45.2 Å². The zero-order chi connectivity index (χ0) is 18.0. The molecule has 1 saturated heterocycles. The van der Waals surface area contributed by atoms with Gasteiger partial charge in [0.15, 0.2) is 0 Å². The average molecular weight is 442 g/mol. The molecule has 25 heavy (non-hydrogen) atoms. The van der Waals surface area contributed by atoms with E-state index in [9.17, 15) is 9.59 Å². The van der Waals surface area contributed by atoms with E-state index in [-0.39, 0.29) is 12.3 Å². The van der Waals surface area contributed by atoms with Crippen molar-refractivity contribution < 1.29 is 14.3 Å². The Bertz CT molecular complexity index is 899. The summed E-state index contributed by atoms with van der Waals surface area (Å²) in [5.41, 5.74) is 1.56. The third kappa shape index (κ3) is 4.34. The van der Waals surface area contributed by atoms with Crippen molar-refractivity contribution in [2.75, 3.05) is 0 Å². The molecule has 0 unspecified atom stereocenters. The van der Waals surface area contributed by atoms with Gasteiger partial charge in [0.1, 0.15) is 18.1 Å². The molecule has 128 valence electrons. The molecule has 1 fully saturated rings. The van der Waals surface area contributed by atoms with Crippen molar-refractivity contribution in [1.82, 2.24) is 10.6 Å². The van der Waals surface area contributed by atoms with Gasteiger partial charge >= 0.3 is 6.03 Å². The van der Waals surface area contributed by atoms with Gasteiger partial charge in [0, 0.05) is 25.6 Å². The van der Waals surface area contributed by atoms with Crippen LogP contribution in [0, 0.1) is 0 Å². The lowest BCUT2D eigenvalue weighted by Gasteiger charge is -2.11. The van der Waals surface area contributed by atoms with E-state index >= 15 is 0 Å². The molecule has 2 aromatic carbocycles. The van der Waals surface area contributed by atoms with Gasteiger partial charge < -0.3 is 10.1 Å². The van der Waals surface area contributed by atoms with Crippen LogP contribution in [0.3, 0.4) is 0 Å². The van der Waals surface area contributed by atoms with Crippen molar-refractivity contribution in [3.8, 4) is 5.75 Å². The highest BCUT2D eigenvalue weighted by molar-refractivity contribution is 9.10. The molecule has 0 aliphatic carbocycles. The molecule has 0 spiro atoms. The average Bonchev–Trinajstić information content (AvgIpc) is 2.85. The fourth-order valence-corrected chi connectivity index (χ4v) is 3.04. The van der Waals surface area contributed by atoms with Gasteiger partial charge in [-0.05, 0) is 36.4 Å². The predicted molar refractivity (Wildman–Crippen MR) is 99.6 cm³/mol. The maximum Gasteiger partial charge on any atom is 0.326 e. The first kappa shape index (κ1) is 17.8. The third-order valence-electron chi connectivity index (χ3n) is 3.39. The fourth-order valence-electron chi connectivity index (χ4n) is 2.20. The van der Waals surface area contributed by atoms with Crippen LogP contribution in [0.4, 0.5) is 4.79 Å². The molecule has 3 amide bonds. The van der Waals surface area contributed by atoms with E-state index in [4.69, 9.17) is 27.9 Å². The van der Waals surface area contributed by atoms with Crippen molar-refractivity contribution in [2.24, 2.45) is 0 Å². The van der Waals surface area contributed by atoms with Crippen molar-refractivity contribution in [3.63, 3.8) is 0 Å². The van der Waals surface area contributed by atoms with Crippen molar-refractivity contribution in [2.45, 2.75) is 6.61 Å². The standard InChI is InChI=1S/C17H11BrCl2N2O3/c18-11-2-4-15(25-8-9-1-3-12(19)7-13(9)20)10(5-11)6-14-16(23)22-17(24)21-14/h1-7H,8H2,(H2,21,22,23,24). The largest absolute Gasteiger partial charge is 0.488 e. The second-order valence-electron chi connectivity index (χ2n) is 5.17. The predicted octanol–water partition coefficient (Wildman–Crippen LogP) is 4.52. The minimum absolute atomic E-state index is 0.150. The van der Waals surface area contributed by atoms with Gasteiger partial charge in [-0.2, -0.15) is 0 Å². The maximum absolute atomic E-state index is 11.7. The number of urea groups is 1. The zero-order valence-corrected chi connectivity index (χ0v) is 15.7. The molecule has 8 heteroatoms. The van der Waals surface area contributed by atoms with Crippen LogP contribution in [0.15, 0.2) is 46.6 Å². The van der Waals surface area contributed by atoms with E-state index < -0.39 is 11.9 Å². The molecule has 2 N–H and O–H groups in total. The normalized spacial score (nSPS) is 15.2. The van der Waals surface area contributed by atoms with Crippen molar-refractivity contribution in [3.05, 3.63) is 67.7 Å². The van der Waals surface area contributed by atoms with E-state index in [0.717, 1.165) is 10.0 Å². The Kier molecular flexibility index (Phi) is 5.32. The highest BCUT2D eigenvalue weighted by Gasteiger charge is 2.23. The lowest BCUT2D eigenvalue weighted by Crippen LogP contribution is -2.22. The van der Waals surface area contributed by atoms with Crippen LogP contribution in [-0.4, -0.2) is 11.9 Å². The highest BCUT2D eigenvalue weighted by Crippen LogP contribution is 2.28. The molecule has 0 atom stereocenters. The number of rotatable bonds is 4. The lowest BCUT2D eigenvalue weighted by molar-refractivity contribution is -0.115. The van der Waals surface area contributed by atoms with E-state index in [2.05, 4.69) is 26.6 Å². The Hall–Kier alpha value is -2.02. The number of amides is 3. The van der Waals surface area contributed by atoms with Crippen LogP contribution in [0.1, 0.15) is 11.1 Å². The Balaban J connectivity index is 1.85. The Labute approximate surface area is 162 Å². The number of hydrogen-bond donors (Lipinski definition) is 2. The fraction of sp³-hybridized carbons (Fsp3) is 0.0588. The van der Waals surface area contributed by atoms with Crippen LogP contribution < -0.4 is 15.4 Å². The monoisotopic (exact) mass is 440 g/mol. The van der Waals surface area contributed by atoms with Crippen LogP contribution >= 0.6 is 39.1 Å². The maximum atomic E-state index is 11.7. The second-order valence-corrected chi connectivity index (χ2v) is 6.93. The van der Waals surface area contributed by atoms with Crippen LogP contribution in [0.2, 0.25) is 10.0 Å². The van der Waals surface area contributed by atoms with Gasteiger partial charge in [0.05, 0.1) is 0 Å². The number of halogens is 3. The van der Waals surface area contributed by atoms with Gasteiger partial charge in [0.25, 0.3) is 5.91 Å². The summed E-state index contributed by atoms with van der Waals surface area (Å²) < 4.78 is 6.64. The van der Waals surface area contributed by atoms with E-state index in [0.29, 0.717) is 21.4 Å². The second kappa shape index (κ2) is 7.47. The summed E-state index contributed by atoms with van der Waals surface area (Å²) >= 11 is 15.4. The molecular formula is C17H11BrCl2N2O3. The minimum atomic E-state index is -0.554. The van der Waals surface area contributed by atoms with Gasteiger partial charge in [0.2, 0.25) is 0 Å². The SMILES string of the molecule is O=C1NC(=O)C(=Cc2cc(Br)ccc2OCc2ccc(Cl)cc2Cl)N1. The summed E-state index contributed by atoms with van der Waals surface area (Å²) in [6.45, 7) is 0.229. The third-order valence-corrected chi connectivity index (χ3v) is 4.47. The molecule has 0 radical (unpaired) electrons.